The van der Waals surface area contributed by atoms with E-state index in [1.54, 1.807) is 13.8 Å². The Bertz CT molecular complexity index is 677. The summed E-state index contributed by atoms with van der Waals surface area (Å²) in [5.41, 5.74) is -0.655. The van der Waals surface area contributed by atoms with Crippen molar-refractivity contribution >= 4 is 0 Å². The van der Waals surface area contributed by atoms with Gasteiger partial charge in [-0.25, -0.2) is 28.1 Å². The number of hydrogen-bond acceptors (Lipinski definition) is 3. The number of allylic oxidation sites excluding steroid dienone is 3. The lowest BCUT2D eigenvalue weighted by Gasteiger charge is -2.13. The summed E-state index contributed by atoms with van der Waals surface area (Å²) in [5.74, 6) is 0. The average molecular weight is 277 g/mol. The zero-order valence-corrected chi connectivity index (χ0v) is 11.9. The first kappa shape index (κ1) is 15.7. The molecule has 0 aliphatic heterocycles. The first-order valence-electron chi connectivity index (χ1n) is 6.13. The molecule has 0 amide bonds. The van der Waals surface area contributed by atoms with Gasteiger partial charge in [0.05, 0.1) is 19.6 Å². The summed E-state index contributed by atoms with van der Waals surface area (Å²) in [4.78, 5) is 36.6. The molecule has 0 saturated heterocycles. The van der Waals surface area contributed by atoms with Gasteiger partial charge in [0.15, 0.2) is 0 Å². The van der Waals surface area contributed by atoms with Crippen molar-refractivity contribution in [3.05, 3.63) is 68.4 Å². The summed E-state index contributed by atoms with van der Waals surface area (Å²) in [5, 5.41) is 0. The number of rotatable bonds is 6. The van der Waals surface area contributed by atoms with Gasteiger partial charge in [-0.15, -0.1) is 6.58 Å². The maximum atomic E-state index is 12.2. The van der Waals surface area contributed by atoms with Crippen LogP contribution in [0.5, 0.6) is 0 Å². The third kappa shape index (κ3) is 3.14. The Hall–Kier alpha value is -2.37. The van der Waals surface area contributed by atoms with Gasteiger partial charge < -0.3 is 0 Å². The molecule has 0 saturated carbocycles. The fraction of sp³-hybridized carbons (Fsp3) is 0.357. The summed E-state index contributed by atoms with van der Waals surface area (Å²) >= 11 is 0. The van der Waals surface area contributed by atoms with Crippen LogP contribution in [0.1, 0.15) is 13.8 Å². The molecule has 1 rings (SSSR count). The van der Waals surface area contributed by atoms with E-state index in [4.69, 9.17) is 0 Å². The van der Waals surface area contributed by atoms with Gasteiger partial charge in [-0.05, 0) is 13.8 Å². The summed E-state index contributed by atoms with van der Waals surface area (Å²) in [6, 6.07) is 0. The van der Waals surface area contributed by atoms with Crippen molar-refractivity contribution in [1.29, 1.82) is 0 Å². The minimum absolute atomic E-state index is 0.0460. The van der Waals surface area contributed by atoms with Crippen molar-refractivity contribution in [1.82, 2.24) is 13.7 Å². The zero-order valence-electron chi connectivity index (χ0n) is 11.9. The minimum atomic E-state index is -0.652. The molecule has 0 N–H and O–H groups in total. The van der Waals surface area contributed by atoms with Crippen molar-refractivity contribution in [2.45, 2.75) is 33.5 Å². The molecule has 0 aromatic carbocycles. The molecule has 1 aromatic rings. The monoisotopic (exact) mass is 277 g/mol. The van der Waals surface area contributed by atoms with Gasteiger partial charge in [-0.2, -0.15) is 0 Å². The molecule has 0 aliphatic carbocycles. The van der Waals surface area contributed by atoms with Crippen LogP contribution in [0.25, 0.3) is 0 Å². The van der Waals surface area contributed by atoms with Crippen LogP contribution >= 0.6 is 0 Å². The second-order valence-electron chi connectivity index (χ2n) is 4.83. The Balaban J connectivity index is 3.73. The van der Waals surface area contributed by atoms with Gasteiger partial charge in [0.2, 0.25) is 0 Å². The molecule has 1 heterocycles. The van der Waals surface area contributed by atoms with E-state index in [1.807, 2.05) is 0 Å². The van der Waals surface area contributed by atoms with E-state index in [1.165, 1.54) is 6.08 Å². The van der Waals surface area contributed by atoms with Crippen LogP contribution in [-0.2, 0) is 19.6 Å². The van der Waals surface area contributed by atoms with Crippen LogP contribution in [0.15, 0.2) is 51.3 Å². The number of aromatic nitrogens is 3. The fourth-order valence-electron chi connectivity index (χ4n) is 1.78. The van der Waals surface area contributed by atoms with E-state index in [0.717, 1.165) is 13.7 Å². The van der Waals surface area contributed by atoms with E-state index in [-0.39, 0.29) is 19.6 Å². The number of nitrogens with zero attached hydrogens (tertiary/aromatic N) is 3. The molecule has 6 heteroatoms. The van der Waals surface area contributed by atoms with Crippen LogP contribution in [0, 0.1) is 0 Å². The van der Waals surface area contributed by atoms with Crippen molar-refractivity contribution in [3.63, 3.8) is 0 Å². The molecule has 0 radical (unpaired) electrons. The summed E-state index contributed by atoms with van der Waals surface area (Å²) in [6.07, 6.45) is 1.43. The van der Waals surface area contributed by atoms with Crippen molar-refractivity contribution in [2.75, 3.05) is 0 Å². The van der Waals surface area contributed by atoms with Crippen LogP contribution in [-0.4, -0.2) is 13.7 Å². The van der Waals surface area contributed by atoms with E-state index in [9.17, 15) is 14.4 Å². The molecule has 20 heavy (non-hydrogen) atoms. The molecule has 0 bridgehead atoms. The Morgan fingerprint density at radius 2 is 1.25 bits per heavy atom. The van der Waals surface area contributed by atoms with Gasteiger partial charge in [0.25, 0.3) is 0 Å². The molecule has 0 unspecified atom stereocenters. The summed E-state index contributed by atoms with van der Waals surface area (Å²) in [6.45, 7) is 14.5. The lowest BCUT2D eigenvalue weighted by atomic mass is 10.3. The van der Waals surface area contributed by atoms with Crippen molar-refractivity contribution in [2.24, 2.45) is 0 Å². The molecule has 0 spiro atoms. The smallest absolute Gasteiger partial charge is 0.247 e. The Labute approximate surface area is 116 Å². The van der Waals surface area contributed by atoms with Crippen molar-refractivity contribution < 1.29 is 0 Å². The maximum Gasteiger partial charge on any atom is 0.336 e. The van der Waals surface area contributed by atoms with E-state index >= 15 is 0 Å². The predicted molar refractivity (Wildman–Crippen MR) is 79.0 cm³/mol. The second kappa shape index (κ2) is 6.18. The lowest BCUT2D eigenvalue weighted by molar-refractivity contribution is 0.491. The standard InChI is InChI=1S/C14H19N3O3/c1-6-7-15-12(18)16(8-10(2)3)14(20)17(13(15)19)9-11(4)5/h6H,1-2,4,7-9H2,3,5H3. The topological polar surface area (TPSA) is 66.0 Å². The molecular weight excluding hydrogens is 258 g/mol. The molecule has 0 atom stereocenters. The molecular formula is C14H19N3O3. The Morgan fingerprint density at radius 3 is 1.55 bits per heavy atom. The van der Waals surface area contributed by atoms with Gasteiger partial charge in [0.1, 0.15) is 0 Å². The largest absolute Gasteiger partial charge is 0.336 e. The quantitative estimate of drug-likeness (QED) is 0.712. The Morgan fingerprint density at radius 1 is 0.900 bits per heavy atom. The zero-order chi connectivity index (χ0) is 15.4. The van der Waals surface area contributed by atoms with E-state index in [2.05, 4.69) is 19.7 Å². The summed E-state index contributed by atoms with van der Waals surface area (Å²) in [7, 11) is 0. The highest BCUT2D eigenvalue weighted by atomic mass is 16.2. The van der Waals surface area contributed by atoms with Gasteiger partial charge >= 0.3 is 17.1 Å². The van der Waals surface area contributed by atoms with Crippen LogP contribution in [0.3, 0.4) is 0 Å². The van der Waals surface area contributed by atoms with Crippen LogP contribution in [0.4, 0.5) is 0 Å². The normalized spacial score (nSPS) is 10.3. The number of hydrogen-bond donors (Lipinski definition) is 0. The predicted octanol–water partition coefficient (Wildman–Crippen LogP) is 0.510. The highest BCUT2D eigenvalue weighted by Crippen LogP contribution is 1.91. The van der Waals surface area contributed by atoms with Crippen LogP contribution < -0.4 is 17.1 Å². The third-order valence-electron chi connectivity index (χ3n) is 2.55. The second-order valence-corrected chi connectivity index (χ2v) is 4.83. The van der Waals surface area contributed by atoms with Crippen molar-refractivity contribution in [3.8, 4) is 0 Å². The minimum Gasteiger partial charge on any atom is -0.247 e. The highest BCUT2D eigenvalue weighted by molar-refractivity contribution is 4.95. The van der Waals surface area contributed by atoms with Crippen LogP contribution in [0.2, 0.25) is 0 Å². The maximum absolute atomic E-state index is 12.2. The highest BCUT2D eigenvalue weighted by Gasteiger charge is 2.14. The van der Waals surface area contributed by atoms with Gasteiger partial charge in [-0.1, -0.05) is 30.4 Å². The van der Waals surface area contributed by atoms with Gasteiger partial charge in [-0.3, -0.25) is 0 Å². The molecule has 0 aliphatic rings. The fourth-order valence-corrected chi connectivity index (χ4v) is 1.78. The molecule has 0 fully saturated rings. The molecule has 1 aromatic heterocycles. The third-order valence-corrected chi connectivity index (χ3v) is 2.55. The van der Waals surface area contributed by atoms with E-state index < -0.39 is 17.1 Å². The van der Waals surface area contributed by atoms with E-state index in [0.29, 0.717) is 11.1 Å². The SMILES string of the molecule is C=CCn1c(=O)n(CC(=C)C)c(=O)n(CC(=C)C)c1=O. The molecule has 6 nitrogen and oxygen atoms in total. The molecule has 108 valence electrons. The van der Waals surface area contributed by atoms with Gasteiger partial charge in [0, 0.05) is 0 Å². The first-order chi connectivity index (χ1) is 9.29. The average Bonchev–Trinajstić information content (AvgIpc) is 2.35. The first-order valence-corrected chi connectivity index (χ1v) is 6.13. The summed E-state index contributed by atoms with van der Waals surface area (Å²) < 4.78 is 2.96. The lowest BCUT2D eigenvalue weighted by Crippen LogP contribution is -2.54. The Kier molecular flexibility index (Phi) is 4.85.